The van der Waals surface area contributed by atoms with E-state index in [0.717, 1.165) is 35.2 Å². The van der Waals surface area contributed by atoms with Crippen molar-refractivity contribution in [2.24, 2.45) is 0 Å². The summed E-state index contributed by atoms with van der Waals surface area (Å²) < 4.78 is 60.0. The van der Waals surface area contributed by atoms with Gasteiger partial charge in [-0.15, -0.1) is 0 Å². The Bertz CT molecular complexity index is 1760. The molecule has 1 atom stereocenters. The van der Waals surface area contributed by atoms with Gasteiger partial charge in [-0.2, -0.15) is 18.3 Å². The van der Waals surface area contributed by atoms with Crippen molar-refractivity contribution in [2.45, 2.75) is 38.5 Å². The predicted octanol–water partition coefficient (Wildman–Crippen LogP) is 5.11. The number of nitrogens with zero attached hydrogens (tertiary/aromatic N) is 4. The van der Waals surface area contributed by atoms with Gasteiger partial charge >= 0.3 is 12.1 Å². The summed E-state index contributed by atoms with van der Waals surface area (Å²) in [6.07, 6.45) is 0.194. The maximum absolute atomic E-state index is 14.6. The lowest BCUT2D eigenvalue weighted by molar-refractivity contribution is -0.141. The summed E-state index contributed by atoms with van der Waals surface area (Å²) in [7, 11) is 0. The number of rotatable bonds is 9. The minimum Gasteiger partial charge on any atom is -0.458 e. The lowest BCUT2D eigenvalue weighted by Gasteiger charge is -2.19. The molecule has 0 radical (unpaired) electrons. The van der Waals surface area contributed by atoms with Gasteiger partial charge in [0.1, 0.15) is 18.0 Å². The fourth-order valence-electron chi connectivity index (χ4n) is 5.03. The number of pyridine rings is 1. The highest BCUT2D eigenvalue weighted by molar-refractivity contribution is 5.93. The third-order valence-electron chi connectivity index (χ3n) is 7.13. The summed E-state index contributed by atoms with van der Waals surface area (Å²) in [6.45, 7) is 9.38. The Kier molecular flexibility index (Phi) is 7.98. The largest absolute Gasteiger partial charge is 0.458 e. The molecule has 2 N–H and O–H groups in total. The van der Waals surface area contributed by atoms with E-state index in [1.165, 1.54) is 22.7 Å². The van der Waals surface area contributed by atoms with Gasteiger partial charge in [0.25, 0.3) is 5.91 Å². The van der Waals surface area contributed by atoms with Gasteiger partial charge in [0.05, 0.1) is 29.2 Å². The van der Waals surface area contributed by atoms with Crippen LogP contribution in [0.5, 0.6) is 0 Å². The monoisotopic (exact) mass is 594 g/mol. The quantitative estimate of drug-likeness (QED) is 0.157. The number of aromatic nitrogens is 4. The normalized spacial score (nSPS) is 14.3. The Morgan fingerprint density at radius 3 is 2.77 bits per heavy atom. The van der Waals surface area contributed by atoms with Crippen LogP contribution in [0.1, 0.15) is 67.0 Å². The van der Waals surface area contributed by atoms with E-state index in [2.05, 4.69) is 38.9 Å². The number of nitrogens with one attached hydrogen (secondary N) is 2. The molecule has 0 saturated heterocycles. The summed E-state index contributed by atoms with van der Waals surface area (Å²) >= 11 is 0. The first-order valence-corrected chi connectivity index (χ1v) is 13.2. The Hall–Kier alpha value is -5.07. The maximum atomic E-state index is 14.6. The second-order valence-electron chi connectivity index (χ2n) is 9.89. The number of halogens is 4. The number of alkyl halides is 3. The average Bonchev–Trinajstić information content (AvgIpc) is 3.57. The molecule has 43 heavy (non-hydrogen) atoms. The van der Waals surface area contributed by atoms with E-state index in [1.54, 1.807) is 6.07 Å². The minimum atomic E-state index is -4.63. The van der Waals surface area contributed by atoms with Crippen LogP contribution in [0.3, 0.4) is 0 Å². The van der Waals surface area contributed by atoms with Crippen LogP contribution in [0.25, 0.3) is 11.3 Å². The van der Waals surface area contributed by atoms with Crippen LogP contribution >= 0.6 is 0 Å². The van der Waals surface area contributed by atoms with Crippen LogP contribution in [-0.2, 0) is 23.9 Å². The third kappa shape index (κ3) is 5.96. The van der Waals surface area contributed by atoms with E-state index in [1.807, 2.05) is 13.0 Å². The molecule has 0 fully saturated rings. The SMILES string of the molecule is C=CCOC(=O)c1ccc2c(c1C)CC[C@@H]2NC(=C)c1cc(C(=O)NCc2ccnc(C(F)(F)F)c2)nc2c(F)cnn12. The first kappa shape index (κ1) is 29.4. The first-order valence-electron chi connectivity index (χ1n) is 13.2. The van der Waals surface area contributed by atoms with E-state index < -0.39 is 29.6 Å². The summed E-state index contributed by atoms with van der Waals surface area (Å²) in [6, 6.07) is 6.90. The number of ether oxygens (including phenoxy) is 1. The predicted molar refractivity (Wildman–Crippen MR) is 148 cm³/mol. The number of benzene rings is 1. The number of hydrogen-bond donors (Lipinski definition) is 2. The minimum absolute atomic E-state index is 0.108. The van der Waals surface area contributed by atoms with Crippen molar-refractivity contribution in [1.82, 2.24) is 30.2 Å². The number of esters is 1. The summed E-state index contributed by atoms with van der Waals surface area (Å²) in [5.74, 6) is -1.94. The Morgan fingerprint density at radius 1 is 1.23 bits per heavy atom. The smallest absolute Gasteiger partial charge is 0.433 e. The van der Waals surface area contributed by atoms with Gasteiger partial charge < -0.3 is 15.4 Å². The zero-order chi connectivity index (χ0) is 30.9. The van der Waals surface area contributed by atoms with E-state index in [9.17, 15) is 27.2 Å². The standard InChI is InChI=1S/C30H26F4N6O3/c1-4-11-43-29(42)20-5-6-21-19(16(20)2)7-8-23(21)38-17(3)25-13-24(39-27-22(31)15-37-40(25)27)28(41)36-14-18-9-10-35-26(12-18)30(32,33)34/h4-6,9-10,12-13,15,23,38H,1,3,7-8,11,14H2,2H3,(H,36,41)/t23-/m0/s1. The summed E-state index contributed by atoms with van der Waals surface area (Å²) in [4.78, 5) is 32.8. The third-order valence-corrected chi connectivity index (χ3v) is 7.13. The molecular formula is C30H26F4N6O3. The second kappa shape index (κ2) is 11.7. The Labute approximate surface area is 243 Å². The fraction of sp³-hybridized carbons (Fsp3) is 0.233. The topological polar surface area (TPSA) is 111 Å². The van der Waals surface area contributed by atoms with Crippen molar-refractivity contribution in [2.75, 3.05) is 6.61 Å². The van der Waals surface area contributed by atoms with Gasteiger partial charge in [0, 0.05) is 12.7 Å². The number of amides is 1. The molecule has 3 heterocycles. The molecule has 1 aliphatic carbocycles. The molecule has 9 nitrogen and oxygen atoms in total. The molecule has 1 aromatic carbocycles. The first-order chi connectivity index (χ1) is 20.5. The highest BCUT2D eigenvalue weighted by atomic mass is 19.4. The molecule has 0 aliphatic heterocycles. The van der Waals surface area contributed by atoms with Crippen LogP contribution < -0.4 is 10.6 Å². The molecule has 13 heteroatoms. The molecule has 1 aliphatic rings. The maximum Gasteiger partial charge on any atom is 0.433 e. The molecule has 0 saturated carbocycles. The van der Waals surface area contributed by atoms with Gasteiger partial charge in [-0.05, 0) is 66.3 Å². The van der Waals surface area contributed by atoms with Crippen molar-refractivity contribution in [1.29, 1.82) is 0 Å². The molecule has 0 spiro atoms. The number of hydrogen-bond acceptors (Lipinski definition) is 7. The zero-order valence-corrected chi connectivity index (χ0v) is 23.0. The van der Waals surface area contributed by atoms with Crippen molar-refractivity contribution in [3.63, 3.8) is 0 Å². The summed E-state index contributed by atoms with van der Waals surface area (Å²) in [5.41, 5.74) is 2.54. The number of fused-ring (bicyclic) bond motifs is 2. The highest BCUT2D eigenvalue weighted by Gasteiger charge is 2.32. The molecule has 4 aromatic rings. The van der Waals surface area contributed by atoms with Gasteiger partial charge in [-0.3, -0.25) is 9.78 Å². The van der Waals surface area contributed by atoms with Crippen molar-refractivity contribution < 1.29 is 31.9 Å². The molecule has 222 valence electrons. The van der Waals surface area contributed by atoms with E-state index in [0.29, 0.717) is 24.1 Å². The highest BCUT2D eigenvalue weighted by Crippen LogP contribution is 2.36. The van der Waals surface area contributed by atoms with Crippen LogP contribution in [0.4, 0.5) is 17.6 Å². The summed E-state index contributed by atoms with van der Waals surface area (Å²) in [5, 5.41) is 9.87. The lowest BCUT2D eigenvalue weighted by atomic mass is 9.98. The van der Waals surface area contributed by atoms with Crippen molar-refractivity contribution in [3.8, 4) is 0 Å². The van der Waals surface area contributed by atoms with Crippen LogP contribution in [-0.4, -0.2) is 38.1 Å². The molecule has 5 rings (SSSR count). The van der Waals surface area contributed by atoms with Crippen LogP contribution in [0.2, 0.25) is 0 Å². The molecule has 0 bridgehead atoms. The van der Waals surface area contributed by atoms with Gasteiger partial charge in [-0.1, -0.05) is 25.3 Å². The van der Waals surface area contributed by atoms with Crippen LogP contribution in [0.15, 0.2) is 62.0 Å². The van der Waals surface area contributed by atoms with Crippen LogP contribution in [0, 0.1) is 12.7 Å². The second-order valence-corrected chi connectivity index (χ2v) is 9.89. The molecule has 3 aromatic heterocycles. The zero-order valence-electron chi connectivity index (χ0n) is 23.0. The molecule has 1 amide bonds. The van der Waals surface area contributed by atoms with Gasteiger partial charge in [0.15, 0.2) is 11.5 Å². The lowest BCUT2D eigenvalue weighted by Crippen LogP contribution is -2.26. The van der Waals surface area contributed by atoms with Crippen molar-refractivity contribution in [3.05, 3.63) is 113 Å². The van der Waals surface area contributed by atoms with Crippen molar-refractivity contribution >= 4 is 23.2 Å². The Morgan fingerprint density at radius 2 is 2.02 bits per heavy atom. The molecular weight excluding hydrogens is 568 g/mol. The number of carbonyl (C=O) groups is 2. The van der Waals surface area contributed by atoms with Gasteiger partial charge in [0.2, 0.25) is 0 Å². The van der Waals surface area contributed by atoms with E-state index >= 15 is 0 Å². The van der Waals surface area contributed by atoms with E-state index in [-0.39, 0.29) is 41.8 Å². The fourth-order valence-corrected chi connectivity index (χ4v) is 5.03. The molecule has 0 unspecified atom stereocenters. The van der Waals surface area contributed by atoms with E-state index in [4.69, 9.17) is 4.74 Å². The Balaban J connectivity index is 1.37. The number of carbonyl (C=O) groups excluding carboxylic acids is 2. The van der Waals surface area contributed by atoms with Gasteiger partial charge in [-0.25, -0.2) is 18.7 Å². The average molecular weight is 595 g/mol.